The largest absolute Gasteiger partial charge is 0.465 e. The minimum atomic E-state index is -0.244. The highest BCUT2D eigenvalue weighted by Gasteiger charge is 2.30. The predicted octanol–water partition coefficient (Wildman–Crippen LogP) is 0.150. The third-order valence-electron chi connectivity index (χ3n) is 2.80. The van der Waals surface area contributed by atoms with Gasteiger partial charge in [-0.25, -0.2) is 0 Å². The summed E-state index contributed by atoms with van der Waals surface area (Å²) < 4.78 is 5.01. The Morgan fingerprint density at radius 2 is 2.19 bits per heavy atom. The second kappa shape index (κ2) is 6.48. The van der Waals surface area contributed by atoms with Crippen molar-refractivity contribution in [3.05, 3.63) is 0 Å². The lowest BCUT2D eigenvalue weighted by atomic mass is 10.0. The molecule has 5 heteroatoms. The number of likely N-dealkylation sites (N-methyl/N-ethyl adjacent to an activating group) is 1. The molecule has 1 heterocycles. The number of piperidine rings is 1. The van der Waals surface area contributed by atoms with Crippen molar-refractivity contribution in [2.45, 2.75) is 32.2 Å². The quantitative estimate of drug-likeness (QED) is 0.696. The van der Waals surface area contributed by atoms with Crippen LogP contribution in [0.1, 0.15) is 26.2 Å². The summed E-state index contributed by atoms with van der Waals surface area (Å²) in [6.07, 6.45) is 2.84. The first kappa shape index (κ1) is 13.0. The molecule has 0 aromatic carbocycles. The molecule has 5 nitrogen and oxygen atoms in total. The van der Waals surface area contributed by atoms with Gasteiger partial charge >= 0.3 is 5.97 Å². The molecule has 0 aromatic heterocycles. The third kappa shape index (κ3) is 3.48. The molecule has 1 aliphatic heterocycles. The lowest BCUT2D eigenvalue weighted by molar-refractivity contribution is -0.151. The monoisotopic (exact) mass is 228 g/mol. The minimum absolute atomic E-state index is 0.0591. The van der Waals surface area contributed by atoms with Crippen LogP contribution in [0.2, 0.25) is 0 Å². The normalized spacial score (nSPS) is 21.5. The van der Waals surface area contributed by atoms with Crippen molar-refractivity contribution in [3.63, 3.8) is 0 Å². The number of carbonyl (C=O) groups is 2. The Morgan fingerprint density at radius 1 is 1.44 bits per heavy atom. The minimum Gasteiger partial charge on any atom is -0.465 e. The first-order valence-electron chi connectivity index (χ1n) is 5.80. The molecule has 0 aliphatic carbocycles. The van der Waals surface area contributed by atoms with E-state index in [1.807, 2.05) is 4.90 Å². The second-order valence-corrected chi connectivity index (χ2v) is 3.91. The van der Waals surface area contributed by atoms with Gasteiger partial charge in [-0.2, -0.15) is 0 Å². The molecule has 1 saturated heterocycles. The zero-order valence-electron chi connectivity index (χ0n) is 9.99. The van der Waals surface area contributed by atoms with Gasteiger partial charge in [0.2, 0.25) is 5.91 Å². The molecule has 1 amide bonds. The molecule has 0 aromatic rings. The van der Waals surface area contributed by atoms with Crippen molar-refractivity contribution in [1.82, 2.24) is 10.2 Å². The molecule has 0 saturated carbocycles. The molecular formula is C11H20N2O3. The molecule has 1 rings (SSSR count). The number of esters is 1. The van der Waals surface area contributed by atoms with Crippen molar-refractivity contribution in [2.75, 3.05) is 26.7 Å². The van der Waals surface area contributed by atoms with E-state index in [0.717, 1.165) is 25.8 Å². The molecule has 1 fully saturated rings. The second-order valence-electron chi connectivity index (χ2n) is 3.91. The average Bonchev–Trinajstić information content (AvgIpc) is 2.30. The van der Waals surface area contributed by atoms with Gasteiger partial charge in [0.15, 0.2) is 0 Å². The first-order valence-corrected chi connectivity index (χ1v) is 5.80. The number of likely N-dealkylation sites (tertiary alicyclic amines) is 1. The maximum atomic E-state index is 11.7. The summed E-state index contributed by atoms with van der Waals surface area (Å²) in [4.78, 5) is 24.9. The number of rotatable bonds is 4. The fraction of sp³-hybridized carbons (Fsp3) is 0.818. The Balaban J connectivity index is 2.56. The fourth-order valence-corrected chi connectivity index (χ4v) is 1.95. The Labute approximate surface area is 96.1 Å². The summed E-state index contributed by atoms with van der Waals surface area (Å²) >= 11 is 0. The van der Waals surface area contributed by atoms with E-state index >= 15 is 0 Å². The van der Waals surface area contributed by atoms with Crippen molar-refractivity contribution in [1.29, 1.82) is 0 Å². The van der Waals surface area contributed by atoms with Gasteiger partial charge in [0.25, 0.3) is 0 Å². The van der Waals surface area contributed by atoms with E-state index in [0.29, 0.717) is 6.61 Å². The van der Waals surface area contributed by atoms with E-state index in [1.165, 1.54) is 0 Å². The van der Waals surface area contributed by atoms with E-state index < -0.39 is 0 Å². The van der Waals surface area contributed by atoms with Gasteiger partial charge in [-0.1, -0.05) is 6.42 Å². The standard InChI is InChI=1S/C11H20N2O3/c1-3-16-11(15)9-6-4-5-7-13(9)8-10(14)12-2/h9H,3-8H2,1-2H3,(H,12,14). The topological polar surface area (TPSA) is 58.6 Å². The lowest BCUT2D eigenvalue weighted by Gasteiger charge is -2.33. The van der Waals surface area contributed by atoms with Gasteiger partial charge in [0.05, 0.1) is 13.2 Å². The van der Waals surface area contributed by atoms with Crippen molar-refractivity contribution in [3.8, 4) is 0 Å². The van der Waals surface area contributed by atoms with Crippen LogP contribution in [0.15, 0.2) is 0 Å². The van der Waals surface area contributed by atoms with Crippen LogP contribution < -0.4 is 5.32 Å². The van der Waals surface area contributed by atoms with Crippen molar-refractivity contribution >= 4 is 11.9 Å². The van der Waals surface area contributed by atoms with Crippen LogP contribution in [0.5, 0.6) is 0 Å². The summed E-state index contributed by atoms with van der Waals surface area (Å²) in [5.74, 6) is -0.262. The Kier molecular flexibility index (Phi) is 5.25. The molecule has 0 spiro atoms. The van der Waals surface area contributed by atoms with Crippen LogP contribution in [-0.4, -0.2) is 49.6 Å². The SMILES string of the molecule is CCOC(=O)C1CCCCN1CC(=O)NC. The maximum Gasteiger partial charge on any atom is 0.323 e. The van der Waals surface area contributed by atoms with Gasteiger partial charge in [0, 0.05) is 7.05 Å². The Morgan fingerprint density at radius 3 is 2.81 bits per heavy atom. The first-order chi connectivity index (χ1) is 7.69. The van der Waals surface area contributed by atoms with E-state index in [4.69, 9.17) is 4.74 Å². The summed E-state index contributed by atoms with van der Waals surface area (Å²) in [6, 6.07) is -0.244. The zero-order valence-corrected chi connectivity index (χ0v) is 9.99. The third-order valence-corrected chi connectivity index (χ3v) is 2.80. The van der Waals surface area contributed by atoms with Crippen LogP contribution >= 0.6 is 0 Å². The van der Waals surface area contributed by atoms with Crippen LogP contribution in [0.3, 0.4) is 0 Å². The molecule has 92 valence electrons. The van der Waals surface area contributed by atoms with Crippen LogP contribution in [0, 0.1) is 0 Å². The smallest absolute Gasteiger partial charge is 0.323 e. The van der Waals surface area contributed by atoms with Crippen molar-refractivity contribution in [2.24, 2.45) is 0 Å². The van der Waals surface area contributed by atoms with Crippen molar-refractivity contribution < 1.29 is 14.3 Å². The predicted molar refractivity (Wildman–Crippen MR) is 59.9 cm³/mol. The highest BCUT2D eigenvalue weighted by Crippen LogP contribution is 2.17. The Bertz CT molecular complexity index is 256. The number of hydrogen-bond donors (Lipinski definition) is 1. The fourth-order valence-electron chi connectivity index (χ4n) is 1.95. The average molecular weight is 228 g/mol. The zero-order chi connectivity index (χ0) is 12.0. The molecular weight excluding hydrogens is 208 g/mol. The van der Waals surface area contributed by atoms with Gasteiger partial charge in [-0.15, -0.1) is 0 Å². The highest BCUT2D eigenvalue weighted by atomic mass is 16.5. The van der Waals surface area contributed by atoms with E-state index in [-0.39, 0.29) is 24.5 Å². The van der Waals surface area contributed by atoms with Crippen LogP contribution in [-0.2, 0) is 14.3 Å². The molecule has 1 N–H and O–H groups in total. The van der Waals surface area contributed by atoms with Gasteiger partial charge < -0.3 is 10.1 Å². The number of nitrogens with zero attached hydrogens (tertiary/aromatic N) is 1. The highest BCUT2D eigenvalue weighted by molar-refractivity contribution is 5.80. The molecule has 1 aliphatic rings. The maximum absolute atomic E-state index is 11.7. The van der Waals surface area contributed by atoms with E-state index in [1.54, 1.807) is 14.0 Å². The van der Waals surface area contributed by atoms with Crippen LogP contribution in [0.4, 0.5) is 0 Å². The van der Waals surface area contributed by atoms with Crippen LogP contribution in [0.25, 0.3) is 0 Å². The molecule has 16 heavy (non-hydrogen) atoms. The number of ether oxygens (including phenoxy) is 1. The van der Waals surface area contributed by atoms with Gasteiger partial charge in [-0.05, 0) is 26.3 Å². The summed E-state index contributed by atoms with van der Waals surface area (Å²) in [6.45, 7) is 3.25. The van der Waals surface area contributed by atoms with Gasteiger partial charge in [0.1, 0.15) is 6.04 Å². The molecule has 1 atom stereocenters. The number of hydrogen-bond acceptors (Lipinski definition) is 4. The molecule has 1 unspecified atom stereocenters. The van der Waals surface area contributed by atoms with Gasteiger partial charge in [-0.3, -0.25) is 14.5 Å². The molecule has 0 bridgehead atoms. The summed E-state index contributed by atoms with van der Waals surface area (Å²) in [5.41, 5.74) is 0. The Hall–Kier alpha value is -1.10. The van der Waals surface area contributed by atoms with E-state index in [9.17, 15) is 9.59 Å². The number of nitrogens with one attached hydrogen (secondary N) is 1. The summed E-state index contributed by atoms with van der Waals surface area (Å²) in [7, 11) is 1.60. The lowest BCUT2D eigenvalue weighted by Crippen LogP contribution is -2.49. The van der Waals surface area contributed by atoms with E-state index in [2.05, 4.69) is 5.32 Å². The number of amides is 1. The molecule has 0 radical (unpaired) electrons. The number of carbonyl (C=O) groups excluding carboxylic acids is 2. The summed E-state index contributed by atoms with van der Waals surface area (Å²) in [5, 5.41) is 2.57.